The van der Waals surface area contributed by atoms with Gasteiger partial charge in [0.2, 0.25) is 0 Å². The Labute approximate surface area is 323 Å². The molecule has 0 unspecified atom stereocenters. The van der Waals surface area contributed by atoms with Crippen LogP contribution in [0.15, 0.2) is 0 Å². The van der Waals surface area contributed by atoms with Gasteiger partial charge in [0, 0.05) is 47.8 Å². The second-order valence-electron chi connectivity index (χ2n) is 10.6. The summed E-state index contributed by atoms with van der Waals surface area (Å²) in [6.45, 7) is 0. The van der Waals surface area contributed by atoms with Crippen molar-refractivity contribution in [1.29, 1.82) is 0 Å². The van der Waals surface area contributed by atoms with Gasteiger partial charge in [0.05, 0.1) is 0 Å². The summed E-state index contributed by atoms with van der Waals surface area (Å²) in [7, 11) is 0. The van der Waals surface area contributed by atoms with Gasteiger partial charge in [0.1, 0.15) is 0 Å². The first-order valence-electron chi connectivity index (χ1n) is 16.1. The minimum Gasteiger partial charge on any atom is -0.550 e. The van der Waals surface area contributed by atoms with Gasteiger partial charge in [-0.2, -0.15) is 0 Å². The Hall–Kier alpha value is -2.81. The Balaban J connectivity index is -0.000000127. The average Bonchev–Trinajstić information content (AvgIpc) is 2.96. The van der Waals surface area contributed by atoms with Gasteiger partial charge < -0.3 is 79.2 Å². The largest absolute Gasteiger partial charge is 4.00 e. The quantitative estimate of drug-likeness (QED) is 0.0531. The summed E-state index contributed by atoms with van der Waals surface area (Å²) in [6, 6.07) is 0. The van der Waals surface area contributed by atoms with Gasteiger partial charge in [-0.15, -0.1) is 0 Å². The van der Waals surface area contributed by atoms with Crippen molar-refractivity contribution in [3.8, 4) is 0 Å². The molecule has 0 saturated heterocycles. The molecule has 50 heavy (non-hydrogen) atoms. The van der Waals surface area contributed by atoms with Crippen LogP contribution in [0.25, 0.3) is 0 Å². The fourth-order valence-corrected chi connectivity index (χ4v) is 3.57. The molecular weight excluding hydrogens is 736 g/mol. The van der Waals surface area contributed by atoms with E-state index in [0.29, 0.717) is 51.4 Å². The molecule has 0 spiro atoms. The van der Waals surface area contributed by atoms with Gasteiger partial charge in [-0.05, 0) is 103 Å². The molecule has 0 saturated carbocycles. The first kappa shape index (κ1) is 59.3. The minimum absolute atomic E-state index is 0. The summed E-state index contributed by atoms with van der Waals surface area (Å²) in [5.41, 5.74) is 0. The topological polar surface area (TPSA) is 321 Å². The number of carbonyl (C=O) groups excluding carboxylic acids is 8. The van der Waals surface area contributed by atoms with Gasteiger partial charge >= 0.3 is 43.4 Å². The smallest absolute Gasteiger partial charge is 0.550 e. The van der Waals surface area contributed by atoms with Gasteiger partial charge in [-0.1, -0.05) is 51.4 Å². The van der Waals surface area contributed by atoms with Crippen molar-refractivity contribution >= 4 is 47.8 Å². The molecule has 0 aromatic heterocycles. The standard InChI is InChI=1S/4C8H14O4.2Ti/c4*9-7(10)5-3-1-2-4-6-8(11)12;;/h4*1-6H2,(H,9,10)(H,11,12);;/q;;;;2*+4/p-8. The molecule has 0 aliphatic carbocycles. The zero-order valence-electron chi connectivity index (χ0n) is 28.5. The molecule has 0 aliphatic heterocycles. The third kappa shape index (κ3) is 80.1. The van der Waals surface area contributed by atoms with E-state index in [0.717, 1.165) is 51.4 Å². The molecule has 0 amide bonds. The van der Waals surface area contributed by atoms with Crippen LogP contribution in [0.4, 0.5) is 0 Å². The van der Waals surface area contributed by atoms with Crippen LogP contribution >= 0.6 is 0 Å². The van der Waals surface area contributed by atoms with E-state index >= 15 is 0 Å². The monoisotopic (exact) mass is 784 g/mol. The van der Waals surface area contributed by atoms with Crippen LogP contribution in [0.2, 0.25) is 0 Å². The summed E-state index contributed by atoms with van der Waals surface area (Å²) in [5, 5.41) is 79.4. The van der Waals surface area contributed by atoms with Crippen LogP contribution < -0.4 is 40.9 Å². The summed E-state index contributed by atoms with van der Waals surface area (Å²) in [4.78, 5) is 79.4. The molecule has 0 aliphatic rings. The maximum Gasteiger partial charge on any atom is 4.00 e. The molecule has 0 aromatic carbocycles. The van der Waals surface area contributed by atoms with Crippen molar-refractivity contribution in [3.63, 3.8) is 0 Å². The predicted octanol–water partition coefficient (Wildman–Crippen LogP) is -4.70. The SMILES string of the molecule is O=C([O-])CCCCCCC(=O)[O-].O=C([O-])CCCCCCC(=O)[O-].O=C([O-])CCCCCCC(=O)[O-].O=C([O-])CCCCCCC(=O)[O-].[Ti+4].[Ti+4]. The Morgan fingerprint density at radius 1 is 0.200 bits per heavy atom. The molecule has 0 rings (SSSR count). The van der Waals surface area contributed by atoms with Crippen LogP contribution in [0, 0.1) is 0 Å². The third-order valence-electron chi connectivity index (χ3n) is 6.05. The van der Waals surface area contributed by atoms with Crippen molar-refractivity contribution in [2.75, 3.05) is 0 Å². The molecule has 0 atom stereocenters. The summed E-state index contributed by atoms with van der Waals surface area (Å²) in [5.74, 6) is -8.37. The van der Waals surface area contributed by atoms with Crippen LogP contribution in [-0.4, -0.2) is 47.8 Å². The van der Waals surface area contributed by atoms with Crippen LogP contribution in [0.1, 0.15) is 154 Å². The van der Waals surface area contributed by atoms with Crippen LogP contribution in [0.3, 0.4) is 0 Å². The van der Waals surface area contributed by atoms with E-state index in [1.165, 1.54) is 0 Å². The Bertz CT molecular complexity index is 697. The van der Waals surface area contributed by atoms with E-state index in [1.807, 2.05) is 0 Å². The van der Waals surface area contributed by atoms with E-state index in [-0.39, 0.29) is 94.8 Å². The third-order valence-corrected chi connectivity index (χ3v) is 6.05. The van der Waals surface area contributed by atoms with Crippen molar-refractivity contribution in [2.45, 2.75) is 154 Å². The van der Waals surface area contributed by atoms with Crippen molar-refractivity contribution < 1.29 is 123 Å². The predicted molar refractivity (Wildman–Crippen MR) is 151 cm³/mol. The average molecular weight is 784 g/mol. The summed E-state index contributed by atoms with van der Waals surface area (Å²) >= 11 is 0. The van der Waals surface area contributed by atoms with E-state index in [4.69, 9.17) is 0 Å². The molecule has 0 heterocycles. The second kappa shape index (κ2) is 46.2. The Kier molecular flexibility index (Phi) is 54.8. The fourth-order valence-electron chi connectivity index (χ4n) is 3.57. The first-order valence-corrected chi connectivity index (χ1v) is 16.1. The Morgan fingerprint density at radius 3 is 0.340 bits per heavy atom. The zero-order chi connectivity index (χ0) is 37.6. The summed E-state index contributed by atoms with van der Waals surface area (Å²) < 4.78 is 0. The van der Waals surface area contributed by atoms with E-state index in [9.17, 15) is 79.2 Å². The van der Waals surface area contributed by atoms with Gasteiger partial charge in [0.25, 0.3) is 0 Å². The van der Waals surface area contributed by atoms with Crippen LogP contribution in [-0.2, 0) is 81.8 Å². The van der Waals surface area contributed by atoms with Crippen molar-refractivity contribution in [3.05, 3.63) is 0 Å². The molecule has 0 aromatic rings. The van der Waals surface area contributed by atoms with E-state index < -0.39 is 47.8 Å². The number of carboxylic acid groups (broad SMARTS) is 8. The first-order chi connectivity index (χ1) is 22.5. The number of carboxylic acids is 8. The van der Waals surface area contributed by atoms with Gasteiger partial charge in [-0.3, -0.25) is 0 Å². The number of carbonyl (C=O) groups is 8. The molecule has 16 nitrogen and oxygen atoms in total. The van der Waals surface area contributed by atoms with E-state index in [2.05, 4.69) is 0 Å². The molecule has 280 valence electrons. The minimum atomic E-state index is -1.05. The maximum atomic E-state index is 9.92. The molecule has 0 bridgehead atoms. The molecule has 0 radical (unpaired) electrons. The normalized spacial score (nSPS) is 9.28. The number of aliphatic carboxylic acids is 8. The number of rotatable bonds is 28. The van der Waals surface area contributed by atoms with Crippen molar-refractivity contribution in [2.24, 2.45) is 0 Å². The molecule has 0 fully saturated rings. The fraction of sp³-hybridized carbons (Fsp3) is 0.750. The van der Waals surface area contributed by atoms with Gasteiger partial charge in [0.15, 0.2) is 0 Å². The number of unbranched alkanes of at least 4 members (excludes halogenated alkanes) is 12. The number of hydrogen-bond donors (Lipinski definition) is 0. The van der Waals surface area contributed by atoms with E-state index in [1.54, 1.807) is 0 Å². The second-order valence-corrected chi connectivity index (χ2v) is 10.6. The molecule has 0 N–H and O–H groups in total. The van der Waals surface area contributed by atoms with Crippen molar-refractivity contribution in [1.82, 2.24) is 0 Å². The number of hydrogen-bond acceptors (Lipinski definition) is 16. The Morgan fingerprint density at radius 2 is 0.280 bits per heavy atom. The van der Waals surface area contributed by atoms with Crippen LogP contribution in [0.5, 0.6) is 0 Å². The van der Waals surface area contributed by atoms with Gasteiger partial charge in [-0.25, -0.2) is 0 Å². The molecule has 18 heteroatoms. The summed E-state index contributed by atoms with van der Waals surface area (Å²) in [6.07, 6.45) is 10.9. The maximum absolute atomic E-state index is 9.92. The molecular formula is C32H48O16Ti2. The zero-order valence-corrected chi connectivity index (χ0v) is 31.6.